The van der Waals surface area contributed by atoms with Gasteiger partial charge in [-0.3, -0.25) is 0 Å². The van der Waals surface area contributed by atoms with Gasteiger partial charge in [0, 0.05) is 5.69 Å². The first-order chi connectivity index (χ1) is 13.4. The zero-order valence-corrected chi connectivity index (χ0v) is 15.7. The van der Waals surface area contributed by atoms with Crippen LogP contribution in [0.2, 0.25) is 0 Å². The van der Waals surface area contributed by atoms with Crippen molar-refractivity contribution in [1.82, 2.24) is 9.97 Å². The molecule has 0 saturated heterocycles. The second-order valence-electron chi connectivity index (χ2n) is 6.31. The fraction of sp³-hybridized carbons (Fsp3) is 0.0476. The second kappa shape index (κ2) is 7.01. The van der Waals surface area contributed by atoms with Crippen molar-refractivity contribution in [3.05, 3.63) is 84.2 Å². The minimum atomic E-state index is -3.92. The van der Waals surface area contributed by atoms with E-state index in [9.17, 15) is 12.8 Å². The molecule has 0 fully saturated rings. The van der Waals surface area contributed by atoms with Crippen LogP contribution in [0.1, 0.15) is 5.56 Å². The average molecular weight is 393 g/mol. The summed E-state index contributed by atoms with van der Waals surface area (Å²) in [5.41, 5.74) is 2.48. The molecular formula is C21H16FN3O2S. The molecule has 28 heavy (non-hydrogen) atoms. The van der Waals surface area contributed by atoms with Crippen LogP contribution in [0.15, 0.2) is 82.7 Å². The molecule has 0 amide bonds. The van der Waals surface area contributed by atoms with E-state index in [1.807, 2.05) is 6.92 Å². The Morgan fingerprint density at radius 2 is 1.43 bits per heavy atom. The van der Waals surface area contributed by atoms with Gasteiger partial charge in [0.05, 0.1) is 15.9 Å². The van der Waals surface area contributed by atoms with Crippen LogP contribution >= 0.6 is 0 Å². The van der Waals surface area contributed by atoms with Gasteiger partial charge >= 0.3 is 0 Å². The number of benzene rings is 3. The summed E-state index contributed by atoms with van der Waals surface area (Å²) in [4.78, 5) is 8.96. The number of rotatable bonds is 4. The number of aryl methyl sites for hydroxylation is 1. The second-order valence-corrected chi connectivity index (χ2v) is 8.18. The predicted molar refractivity (Wildman–Crippen MR) is 106 cm³/mol. The number of anilines is 2. The Hall–Kier alpha value is -3.32. The molecule has 7 heteroatoms. The summed E-state index contributed by atoms with van der Waals surface area (Å²) in [7, 11) is -3.92. The summed E-state index contributed by atoms with van der Waals surface area (Å²) in [6.45, 7) is 1.88. The number of nitrogens with zero attached hydrogens (tertiary/aromatic N) is 2. The lowest BCUT2D eigenvalue weighted by Gasteiger charge is -2.12. The van der Waals surface area contributed by atoms with Gasteiger partial charge in [-0.2, -0.15) is 0 Å². The normalized spacial score (nSPS) is 11.5. The largest absolute Gasteiger partial charge is 0.338 e. The van der Waals surface area contributed by atoms with E-state index in [1.165, 1.54) is 24.3 Å². The summed E-state index contributed by atoms with van der Waals surface area (Å²) in [6, 6.07) is 19.2. The summed E-state index contributed by atoms with van der Waals surface area (Å²) < 4.78 is 39.7. The van der Waals surface area contributed by atoms with Crippen molar-refractivity contribution in [3.63, 3.8) is 0 Å². The van der Waals surface area contributed by atoms with E-state index in [4.69, 9.17) is 0 Å². The minimum Gasteiger partial charge on any atom is -0.338 e. The van der Waals surface area contributed by atoms with Gasteiger partial charge in [0.1, 0.15) is 5.82 Å². The highest BCUT2D eigenvalue weighted by Gasteiger charge is 2.25. The molecule has 0 saturated carbocycles. The van der Waals surface area contributed by atoms with Crippen LogP contribution in [-0.2, 0) is 9.84 Å². The Bertz CT molecular complexity index is 1260. The van der Waals surface area contributed by atoms with Gasteiger partial charge in [-0.25, -0.2) is 22.8 Å². The zero-order valence-electron chi connectivity index (χ0n) is 14.9. The van der Waals surface area contributed by atoms with Gasteiger partial charge in [-0.1, -0.05) is 29.8 Å². The molecule has 4 rings (SSSR count). The maximum Gasteiger partial charge on any atom is 0.227 e. The van der Waals surface area contributed by atoms with Crippen LogP contribution in [0.4, 0.5) is 15.9 Å². The molecule has 4 aromatic rings. The predicted octanol–water partition coefficient (Wildman–Crippen LogP) is 4.65. The fourth-order valence-corrected chi connectivity index (χ4v) is 4.04. The smallest absolute Gasteiger partial charge is 0.227 e. The third-order valence-electron chi connectivity index (χ3n) is 4.23. The molecule has 140 valence electrons. The molecule has 1 N–H and O–H groups in total. The maximum absolute atomic E-state index is 13.3. The Labute approximate surface area is 161 Å². The van der Waals surface area contributed by atoms with Crippen LogP contribution in [0, 0.1) is 12.7 Å². The molecule has 1 heterocycles. The molecule has 0 atom stereocenters. The van der Waals surface area contributed by atoms with Crippen LogP contribution in [0.3, 0.4) is 0 Å². The summed E-state index contributed by atoms with van der Waals surface area (Å²) in [6.07, 6.45) is 0. The molecule has 0 aliphatic heterocycles. The van der Waals surface area contributed by atoms with E-state index in [2.05, 4.69) is 15.3 Å². The minimum absolute atomic E-state index is 0.0888. The van der Waals surface area contributed by atoms with Crippen LogP contribution in [0.25, 0.3) is 11.0 Å². The van der Waals surface area contributed by atoms with E-state index < -0.39 is 9.84 Å². The number of fused-ring (bicyclic) bond motifs is 1. The van der Waals surface area contributed by atoms with E-state index in [0.29, 0.717) is 16.7 Å². The molecule has 0 aliphatic carbocycles. The van der Waals surface area contributed by atoms with Crippen molar-refractivity contribution in [1.29, 1.82) is 0 Å². The highest BCUT2D eigenvalue weighted by atomic mass is 32.2. The molecule has 0 spiro atoms. The number of para-hydroxylation sites is 2. The summed E-state index contributed by atoms with van der Waals surface area (Å²) >= 11 is 0. The van der Waals surface area contributed by atoms with Gasteiger partial charge in [0.2, 0.25) is 14.9 Å². The fourth-order valence-electron chi connectivity index (χ4n) is 2.75. The van der Waals surface area contributed by atoms with Crippen LogP contribution in [0.5, 0.6) is 0 Å². The standard InChI is InChI=1S/C21H16FN3O2S/c1-14-6-12-17(13-7-14)28(26,27)21-20(23-16-10-8-15(22)9-11-16)24-18-4-2-3-5-19(18)25-21/h2-13H,1H3,(H,23,24). The van der Waals surface area contributed by atoms with E-state index in [1.54, 1.807) is 48.5 Å². The van der Waals surface area contributed by atoms with Crippen molar-refractivity contribution in [2.24, 2.45) is 0 Å². The topological polar surface area (TPSA) is 72.0 Å². The SMILES string of the molecule is Cc1ccc(S(=O)(=O)c2nc3ccccc3nc2Nc2ccc(F)cc2)cc1. The van der Waals surface area contributed by atoms with Gasteiger partial charge in [0.25, 0.3) is 0 Å². The lowest BCUT2D eigenvalue weighted by Crippen LogP contribution is -2.10. The first kappa shape index (κ1) is 18.1. The van der Waals surface area contributed by atoms with Gasteiger partial charge in [0.15, 0.2) is 5.82 Å². The Balaban J connectivity index is 1.90. The van der Waals surface area contributed by atoms with Crippen molar-refractivity contribution >= 4 is 32.4 Å². The summed E-state index contributed by atoms with van der Waals surface area (Å²) in [5, 5.41) is 2.78. The third kappa shape index (κ3) is 3.44. The number of halogens is 1. The average Bonchev–Trinajstić information content (AvgIpc) is 2.69. The highest BCUT2D eigenvalue weighted by Crippen LogP contribution is 2.29. The van der Waals surface area contributed by atoms with Gasteiger partial charge in [-0.05, 0) is 55.5 Å². The molecule has 0 aliphatic rings. The van der Waals surface area contributed by atoms with E-state index >= 15 is 0 Å². The zero-order chi connectivity index (χ0) is 19.7. The lowest BCUT2D eigenvalue weighted by molar-refractivity contribution is 0.593. The molecule has 3 aromatic carbocycles. The lowest BCUT2D eigenvalue weighted by atomic mass is 10.2. The van der Waals surface area contributed by atoms with Crippen LogP contribution < -0.4 is 5.32 Å². The monoisotopic (exact) mass is 393 g/mol. The van der Waals surface area contributed by atoms with Crippen molar-refractivity contribution in [2.75, 3.05) is 5.32 Å². The van der Waals surface area contributed by atoms with Crippen LogP contribution in [-0.4, -0.2) is 18.4 Å². The quantitative estimate of drug-likeness (QED) is 0.546. The van der Waals surface area contributed by atoms with Crippen molar-refractivity contribution < 1.29 is 12.8 Å². The van der Waals surface area contributed by atoms with E-state index in [0.717, 1.165) is 5.56 Å². The molecule has 1 aromatic heterocycles. The molecule has 0 radical (unpaired) electrons. The number of sulfone groups is 1. The van der Waals surface area contributed by atoms with Crippen molar-refractivity contribution in [2.45, 2.75) is 16.8 Å². The summed E-state index contributed by atoms with van der Waals surface area (Å²) in [5.74, 6) is -0.298. The maximum atomic E-state index is 13.3. The van der Waals surface area contributed by atoms with Gasteiger partial charge in [-0.15, -0.1) is 0 Å². The first-order valence-corrected chi connectivity index (χ1v) is 10.0. The van der Waals surface area contributed by atoms with E-state index in [-0.39, 0.29) is 21.6 Å². The Morgan fingerprint density at radius 1 is 0.821 bits per heavy atom. The number of aromatic nitrogens is 2. The molecule has 5 nitrogen and oxygen atoms in total. The number of hydrogen-bond acceptors (Lipinski definition) is 5. The van der Waals surface area contributed by atoms with Crippen molar-refractivity contribution in [3.8, 4) is 0 Å². The van der Waals surface area contributed by atoms with Gasteiger partial charge < -0.3 is 5.32 Å². The first-order valence-electron chi connectivity index (χ1n) is 8.55. The number of nitrogens with one attached hydrogen (secondary N) is 1. The Morgan fingerprint density at radius 3 is 2.07 bits per heavy atom. The Kier molecular flexibility index (Phi) is 4.52. The number of hydrogen-bond donors (Lipinski definition) is 1. The molecule has 0 bridgehead atoms. The molecule has 0 unspecified atom stereocenters. The highest BCUT2D eigenvalue weighted by molar-refractivity contribution is 7.91. The third-order valence-corrected chi connectivity index (χ3v) is 5.92. The molecular weight excluding hydrogens is 377 g/mol.